The summed E-state index contributed by atoms with van der Waals surface area (Å²) < 4.78 is 33.7. The lowest BCUT2D eigenvalue weighted by Crippen LogP contribution is -2.33. The van der Waals surface area contributed by atoms with Gasteiger partial charge in [-0.2, -0.15) is 8.78 Å². The topological polar surface area (TPSA) is 69.2 Å². The fourth-order valence-corrected chi connectivity index (χ4v) is 2.14. The number of halogens is 2. The van der Waals surface area contributed by atoms with Crippen LogP contribution < -0.4 is 14.8 Å². The number of nitrogens with zero attached hydrogens (tertiary/aromatic N) is 1. The number of methoxy groups -OCH3 is 1. The molecule has 0 aromatic heterocycles. The van der Waals surface area contributed by atoms with Gasteiger partial charge >= 0.3 is 6.61 Å². The molecule has 0 saturated heterocycles. The van der Waals surface area contributed by atoms with Crippen LogP contribution in [-0.2, 0) is 16.2 Å². The highest BCUT2D eigenvalue weighted by atomic mass is 19.3. The predicted molar refractivity (Wildman–Crippen MR) is 96.1 cm³/mol. The molecule has 0 spiro atoms. The molecule has 0 bridgehead atoms. The van der Waals surface area contributed by atoms with Crippen LogP contribution in [0.4, 0.5) is 8.78 Å². The molecule has 2 rings (SSSR count). The van der Waals surface area contributed by atoms with Crippen LogP contribution in [0.15, 0.2) is 53.7 Å². The van der Waals surface area contributed by atoms with E-state index in [4.69, 9.17) is 9.57 Å². The summed E-state index contributed by atoms with van der Waals surface area (Å²) in [7, 11) is 1.56. The minimum Gasteiger partial charge on any atom is -0.496 e. The Morgan fingerprint density at radius 3 is 2.56 bits per heavy atom. The van der Waals surface area contributed by atoms with E-state index in [1.54, 1.807) is 14.0 Å². The zero-order valence-electron chi connectivity index (χ0n) is 14.9. The monoisotopic (exact) mass is 378 g/mol. The van der Waals surface area contributed by atoms with Gasteiger partial charge in [-0.3, -0.25) is 4.79 Å². The fraction of sp³-hybridized carbons (Fsp3) is 0.263. The van der Waals surface area contributed by atoms with Gasteiger partial charge in [0.05, 0.1) is 13.3 Å². The van der Waals surface area contributed by atoms with Gasteiger partial charge in [0.25, 0.3) is 5.91 Å². The molecule has 0 aliphatic carbocycles. The molecule has 1 amide bonds. The van der Waals surface area contributed by atoms with Crippen LogP contribution in [0.3, 0.4) is 0 Å². The van der Waals surface area contributed by atoms with E-state index in [1.165, 1.54) is 30.5 Å². The van der Waals surface area contributed by atoms with Gasteiger partial charge in [0.2, 0.25) is 6.10 Å². The summed E-state index contributed by atoms with van der Waals surface area (Å²) in [5.41, 5.74) is 1.45. The largest absolute Gasteiger partial charge is 0.496 e. The maximum absolute atomic E-state index is 12.1. The highest BCUT2D eigenvalue weighted by molar-refractivity contribution is 5.81. The third-order valence-electron chi connectivity index (χ3n) is 3.54. The van der Waals surface area contributed by atoms with Crippen LogP contribution >= 0.6 is 0 Å². The summed E-state index contributed by atoms with van der Waals surface area (Å²) in [5, 5.41) is 6.48. The van der Waals surface area contributed by atoms with E-state index in [0.717, 1.165) is 5.56 Å². The van der Waals surface area contributed by atoms with Gasteiger partial charge in [-0.05, 0) is 42.8 Å². The van der Waals surface area contributed by atoms with Crippen molar-refractivity contribution in [1.82, 2.24) is 5.32 Å². The van der Waals surface area contributed by atoms with Gasteiger partial charge in [0.1, 0.15) is 11.5 Å². The number of hydrogen-bond donors (Lipinski definition) is 1. The molecule has 1 atom stereocenters. The molecule has 6 nitrogen and oxygen atoms in total. The zero-order valence-corrected chi connectivity index (χ0v) is 14.9. The number of nitrogens with one attached hydrogen (secondary N) is 1. The molecule has 1 N–H and O–H groups in total. The van der Waals surface area contributed by atoms with Gasteiger partial charge < -0.3 is 19.6 Å². The minimum atomic E-state index is -2.87. The van der Waals surface area contributed by atoms with E-state index in [9.17, 15) is 13.6 Å². The van der Waals surface area contributed by atoms with Gasteiger partial charge in [-0.1, -0.05) is 23.4 Å². The van der Waals surface area contributed by atoms with Crippen LogP contribution in [-0.4, -0.2) is 31.9 Å². The number of alkyl halides is 2. The summed E-state index contributed by atoms with van der Waals surface area (Å²) in [4.78, 5) is 17.2. The number of ether oxygens (including phenoxy) is 2. The van der Waals surface area contributed by atoms with Crippen molar-refractivity contribution in [2.75, 3.05) is 7.11 Å². The van der Waals surface area contributed by atoms with E-state index in [1.807, 2.05) is 24.3 Å². The number of para-hydroxylation sites is 1. The molecule has 0 radical (unpaired) electrons. The third kappa shape index (κ3) is 6.58. The second-order valence-electron chi connectivity index (χ2n) is 5.46. The SMILES string of the molecule is COc1ccccc1CNC(=O)[C@@H](C)O/N=C\c1ccc(OC(F)F)cc1. The molecule has 0 fully saturated rings. The first-order chi connectivity index (χ1) is 13.0. The van der Waals surface area contributed by atoms with E-state index >= 15 is 0 Å². The van der Waals surface area contributed by atoms with E-state index in [-0.39, 0.29) is 11.7 Å². The zero-order chi connectivity index (χ0) is 19.6. The molecular formula is C19H20F2N2O4. The third-order valence-corrected chi connectivity index (χ3v) is 3.54. The second-order valence-corrected chi connectivity index (χ2v) is 5.46. The number of oxime groups is 1. The number of rotatable bonds is 9. The van der Waals surface area contributed by atoms with Crippen molar-refractivity contribution < 1.29 is 27.9 Å². The molecular weight excluding hydrogens is 358 g/mol. The minimum absolute atomic E-state index is 0.0483. The lowest BCUT2D eigenvalue weighted by Gasteiger charge is -2.12. The standard InChI is InChI=1S/C19H20F2N2O4/c1-13(18(24)22-12-15-5-3-4-6-17(15)25-2)27-23-11-14-7-9-16(10-8-14)26-19(20)21/h3-11,13,19H,12H2,1-2H3,(H,22,24)/b23-11-/t13-/m1/s1. The van der Waals surface area contributed by atoms with Crippen molar-refractivity contribution in [2.24, 2.45) is 5.16 Å². The van der Waals surface area contributed by atoms with Crippen LogP contribution in [0, 0.1) is 0 Å². The molecule has 2 aromatic carbocycles. The Morgan fingerprint density at radius 1 is 1.19 bits per heavy atom. The Bertz CT molecular complexity index is 767. The summed E-state index contributed by atoms with van der Waals surface area (Å²) in [6, 6.07) is 13.2. The van der Waals surface area contributed by atoms with Crippen molar-refractivity contribution in [3.63, 3.8) is 0 Å². The van der Waals surface area contributed by atoms with Crippen molar-refractivity contribution in [1.29, 1.82) is 0 Å². The number of hydrogen-bond acceptors (Lipinski definition) is 5. The highest BCUT2D eigenvalue weighted by Crippen LogP contribution is 2.17. The molecule has 0 unspecified atom stereocenters. The molecule has 0 saturated carbocycles. The lowest BCUT2D eigenvalue weighted by molar-refractivity contribution is -0.131. The molecule has 0 aliphatic heterocycles. The average Bonchev–Trinajstić information content (AvgIpc) is 2.67. The fourth-order valence-electron chi connectivity index (χ4n) is 2.14. The van der Waals surface area contributed by atoms with Crippen molar-refractivity contribution in [2.45, 2.75) is 26.2 Å². The first-order valence-corrected chi connectivity index (χ1v) is 8.13. The molecule has 2 aromatic rings. The van der Waals surface area contributed by atoms with Crippen molar-refractivity contribution in [3.8, 4) is 11.5 Å². The number of amides is 1. The van der Waals surface area contributed by atoms with E-state index in [0.29, 0.717) is 17.9 Å². The van der Waals surface area contributed by atoms with Crippen LogP contribution in [0.25, 0.3) is 0 Å². The van der Waals surface area contributed by atoms with Crippen LogP contribution in [0.5, 0.6) is 11.5 Å². The number of benzene rings is 2. The van der Waals surface area contributed by atoms with Gasteiger partial charge in [0, 0.05) is 12.1 Å². The summed E-state index contributed by atoms with van der Waals surface area (Å²) >= 11 is 0. The maximum Gasteiger partial charge on any atom is 0.387 e. The molecule has 144 valence electrons. The predicted octanol–water partition coefficient (Wildman–Crippen LogP) is 3.35. The molecule has 27 heavy (non-hydrogen) atoms. The Kier molecular flexibility index (Phi) is 7.54. The smallest absolute Gasteiger partial charge is 0.387 e. The van der Waals surface area contributed by atoms with Crippen LogP contribution in [0.1, 0.15) is 18.1 Å². The van der Waals surface area contributed by atoms with Crippen molar-refractivity contribution >= 4 is 12.1 Å². The summed E-state index contributed by atoms with van der Waals surface area (Å²) in [6.07, 6.45) is 0.563. The summed E-state index contributed by atoms with van der Waals surface area (Å²) in [6.45, 7) is -1.01. The molecule has 8 heteroatoms. The molecule has 0 heterocycles. The maximum atomic E-state index is 12.1. The molecule has 0 aliphatic rings. The quantitative estimate of drug-likeness (QED) is 0.537. The number of carbonyl (C=O) groups is 1. The number of carbonyl (C=O) groups excluding carboxylic acids is 1. The Balaban J connectivity index is 1.81. The average molecular weight is 378 g/mol. The Morgan fingerprint density at radius 2 is 1.89 bits per heavy atom. The first kappa shape index (κ1) is 20.2. The van der Waals surface area contributed by atoms with Gasteiger partial charge in [0.15, 0.2) is 0 Å². The lowest BCUT2D eigenvalue weighted by atomic mass is 10.2. The normalized spacial score (nSPS) is 12.0. The first-order valence-electron chi connectivity index (χ1n) is 8.13. The van der Waals surface area contributed by atoms with E-state index in [2.05, 4.69) is 15.2 Å². The van der Waals surface area contributed by atoms with Gasteiger partial charge in [-0.15, -0.1) is 0 Å². The van der Waals surface area contributed by atoms with Crippen molar-refractivity contribution in [3.05, 3.63) is 59.7 Å². The highest BCUT2D eigenvalue weighted by Gasteiger charge is 2.14. The second kappa shape index (κ2) is 10.1. The van der Waals surface area contributed by atoms with Crippen LogP contribution in [0.2, 0.25) is 0 Å². The van der Waals surface area contributed by atoms with E-state index < -0.39 is 12.7 Å². The summed E-state index contributed by atoms with van der Waals surface area (Å²) in [5.74, 6) is 0.398. The Labute approximate surface area is 155 Å². The Hall–Kier alpha value is -3.16. The van der Waals surface area contributed by atoms with Gasteiger partial charge in [-0.25, -0.2) is 0 Å².